The van der Waals surface area contributed by atoms with Gasteiger partial charge in [0, 0.05) is 18.7 Å². The normalized spacial score (nSPS) is 11.5. The number of carbonyl (C=O) groups excluding carboxylic acids is 1. The summed E-state index contributed by atoms with van der Waals surface area (Å²) < 4.78 is 26.1. The Morgan fingerprint density at radius 2 is 1.90 bits per heavy atom. The molecule has 31 heavy (non-hydrogen) atoms. The van der Waals surface area contributed by atoms with Crippen molar-refractivity contribution in [2.24, 2.45) is 5.41 Å². The molecule has 7 heteroatoms. The van der Waals surface area contributed by atoms with Gasteiger partial charge in [-0.1, -0.05) is 45.4 Å². The van der Waals surface area contributed by atoms with Crippen molar-refractivity contribution in [1.82, 2.24) is 9.88 Å². The first-order chi connectivity index (χ1) is 14.6. The molecule has 0 aliphatic carbocycles. The van der Waals surface area contributed by atoms with Crippen LogP contribution in [0.15, 0.2) is 30.3 Å². The maximum atomic E-state index is 14.7. The second-order valence-electron chi connectivity index (χ2n) is 8.74. The number of aromatic nitrogens is 1. The van der Waals surface area contributed by atoms with Crippen molar-refractivity contribution >= 4 is 11.8 Å². The zero-order valence-electron chi connectivity index (χ0n) is 19.4. The largest absolute Gasteiger partial charge is 0.489 e. The molecule has 6 nitrogen and oxygen atoms in total. The lowest BCUT2D eigenvalue weighted by Crippen LogP contribution is -2.34. The van der Waals surface area contributed by atoms with Crippen LogP contribution in [-0.4, -0.2) is 49.6 Å². The third-order valence-electron chi connectivity index (χ3n) is 4.72. The van der Waals surface area contributed by atoms with Crippen LogP contribution in [0.5, 0.6) is 11.5 Å². The molecule has 0 spiro atoms. The molecule has 0 radical (unpaired) electrons. The van der Waals surface area contributed by atoms with Crippen LogP contribution in [0.3, 0.4) is 0 Å². The average molecular weight is 432 g/mol. The topological polar surface area (TPSA) is 63.7 Å². The molecule has 0 unspecified atom stereocenters. The smallest absolute Gasteiger partial charge is 0.347 e. The van der Waals surface area contributed by atoms with Gasteiger partial charge in [0.15, 0.2) is 11.6 Å². The van der Waals surface area contributed by atoms with E-state index in [1.54, 1.807) is 24.3 Å². The summed E-state index contributed by atoms with van der Waals surface area (Å²) in [4.78, 5) is 19.2. The number of halogens is 1. The Kier molecular flexibility index (Phi) is 8.80. The van der Waals surface area contributed by atoms with E-state index in [-0.39, 0.29) is 28.1 Å². The molecular formula is C24H34FN3O3. The Labute approximate surface area is 184 Å². The first-order valence-electron chi connectivity index (χ1n) is 10.6. The van der Waals surface area contributed by atoms with Gasteiger partial charge in [0.1, 0.15) is 11.3 Å². The van der Waals surface area contributed by atoms with E-state index in [9.17, 15) is 9.18 Å². The number of nitrogens with one attached hydrogen (secondary N) is 1. The van der Waals surface area contributed by atoms with Crippen LogP contribution in [0.1, 0.15) is 49.5 Å². The lowest BCUT2D eigenvalue weighted by Gasteiger charge is -2.29. The van der Waals surface area contributed by atoms with Gasteiger partial charge in [0.25, 0.3) is 0 Å². The van der Waals surface area contributed by atoms with Crippen LogP contribution in [0, 0.1) is 18.3 Å². The number of para-hydroxylation sites is 1. The van der Waals surface area contributed by atoms with Crippen LogP contribution in [0.2, 0.25) is 0 Å². The van der Waals surface area contributed by atoms with Crippen LogP contribution in [0.4, 0.5) is 10.2 Å². The highest BCUT2D eigenvalue weighted by molar-refractivity contribution is 5.97. The second-order valence-corrected chi connectivity index (χ2v) is 8.74. The molecule has 1 aromatic carbocycles. The number of benzene rings is 1. The summed E-state index contributed by atoms with van der Waals surface area (Å²) >= 11 is 0. The van der Waals surface area contributed by atoms with Gasteiger partial charge in [0.2, 0.25) is 5.95 Å². The fourth-order valence-electron chi connectivity index (χ4n) is 3.33. The van der Waals surface area contributed by atoms with Crippen molar-refractivity contribution in [1.29, 1.82) is 0 Å². The summed E-state index contributed by atoms with van der Waals surface area (Å²) in [5.41, 5.74) is 0.0451. The Morgan fingerprint density at radius 1 is 1.23 bits per heavy atom. The zero-order valence-corrected chi connectivity index (χ0v) is 19.4. The fraction of sp³-hybridized carbons (Fsp3) is 0.500. The summed E-state index contributed by atoms with van der Waals surface area (Å²) in [6.07, 6.45) is 1.73. The van der Waals surface area contributed by atoms with E-state index in [1.165, 1.54) is 6.92 Å². The van der Waals surface area contributed by atoms with Gasteiger partial charge >= 0.3 is 5.97 Å². The van der Waals surface area contributed by atoms with E-state index >= 15 is 0 Å². The maximum absolute atomic E-state index is 14.7. The summed E-state index contributed by atoms with van der Waals surface area (Å²) in [7, 11) is 4.01. The third kappa shape index (κ3) is 7.21. The number of rotatable bonds is 11. The molecule has 0 aliphatic rings. The van der Waals surface area contributed by atoms with Gasteiger partial charge in [-0.3, -0.25) is 0 Å². The van der Waals surface area contributed by atoms with E-state index in [1.807, 2.05) is 27.1 Å². The number of hydrogen-bond donors (Lipinski definition) is 1. The van der Waals surface area contributed by atoms with Gasteiger partial charge in [-0.2, -0.15) is 9.37 Å². The highest BCUT2D eigenvalue weighted by Crippen LogP contribution is 2.33. The number of esters is 1. The van der Waals surface area contributed by atoms with E-state index in [4.69, 9.17) is 9.47 Å². The van der Waals surface area contributed by atoms with Crippen molar-refractivity contribution in [2.45, 2.75) is 40.5 Å². The lowest BCUT2D eigenvalue weighted by atomic mass is 9.93. The minimum atomic E-state index is -0.726. The molecule has 0 amide bonds. The predicted octanol–water partition coefficient (Wildman–Crippen LogP) is 4.93. The number of anilines is 1. The molecule has 170 valence electrons. The summed E-state index contributed by atoms with van der Waals surface area (Å²) in [5, 5.41) is 3.20. The summed E-state index contributed by atoms with van der Waals surface area (Å²) in [6, 6.07) is 8.70. The highest BCUT2D eigenvalue weighted by atomic mass is 19.1. The monoisotopic (exact) mass is 431 g/mol. The fourth-order valence-corrected chi connectivity index (χ4v) is 3.33. The van der Waals surface area contributed by atoms with E-state index in [0.717, 1.165) is 19.4 Å². The summed E-state index contributed by atoms with van der Waals surface area (Å²) in [5.74, 6) is -0.576. The number of carbonyl (C=O) groups is 1. The minimum Gasteiger partial charge on any atom is -0.489 e. The van der Waals surface area contributed by atoms with E-state index < -0.39 is 11.9 Å². The van der Waals surface area contributed by atoms with Crippen LogP contribution in [-0.2, 0) is 0 Å². The van der Waals surface area contributed by atoms with Crippen molar-refractivity contribution in [3.05, 3.63) is 47.4 Å². The molecular weight excluding hydrogens is 397 g/mol. The van der Waals surface area contributed by atoms with Gasteiger partial charge in [-0.05, 0) is 45.0 Å². The molecule has 0 saturated carbocycles. The molecule has 0 atom stereocenters. The van der Waals surface area contributed by atoms with E-state index in [2.05, 4.69) is 29.0 Å². The van der Waals surface area contributed by atoms with Gasteiger partial charge in [-0.25, -0.2) is 4.79 Å². The van der Waals surface area contributed by atoms with Crippen LogP contribution < -0.4 is 14.8 Å². The molecule has 0 fully saturated rings. The predicted molar refractivity (Wildman–Crippen MR) is 122 cm³/mol. The molecule has 0 saturated heterocycles. The number of nitrogens with zero attached hydrogens (tertiary/aromatic N) is 2. The number of pyridine rings is 1. The van der Waals surface area contributed by atoms with Crippen molar-refractivity contribution in [3.8, 4) is 11.5 Å². The molecule has 1 aromatic heterocycles. The Morgan fingerprint density at radius 3 is 2.52 bits per heavy atom. The minimum absolute atomic E-state index is 0.0559. The first kappa shape index (κ1) is 24.6. The highest BCUT2D eigenvalue weighted by Gasteiger charge is 2.27. The van der Waals surface area contributed by atoms with Crippen molar-refractivity contribution < 1.29 is 18.7 Å². The van der Waals surface area contributed by atoms with Crippen molar-refractivity contribution in [2.75, 3.05) is 39.1 Å². The molecule has 0 bridgehead atoms. The molecule has 2 rings (SSSR count). The van der Waals surface area contributed by atoms with Crippen LogP contribution in [0.25, 0.3) is 0 Å². The lowest BCUT2D eigenvalue weighted by molar-refractivity contribution is 0.0728. The number of unbranched alkanes of at least 4 members (excludes halogenated alkanes) is 1. The molecule has 0 aliphatic heterocycles. The second kappa shape index (κ2) is 11.1. The molecule has 1 heterocycles. The zero-order chi connectivity index (χ0) is 23.0. The maximum Gasteiger partial charge on any atom is 0.347 e. The Balaban J connectivity index is 2.40. The number of ether oxygens (including phenoxy) is 2. The van der Waals surface area contributed by atoms with Gasteiger partial charge in [0.05, 0.1) is 6.61 Å². The Bertz CT molecular complexity index is 870. The molecule has 1 N–H and O–H groups in total. The quantitative estimate of drug-likeness (QED) is 0.236. The van der Waals surface area contributed by atoms with Crippen molar-refractivity contribution in [3.63, 3.8) is 0 Å². The summed E-state index contributed by atoms with van der Waals surface area (Å²) in [6.45, 7) is 9.51. The first-order valence-corrected chi connectivity index (χ1v) is 10.6. The van der Waals surface area contributed by atoms with Gasteiger partial charge < -0.3 is 19.7 Å². The molecule has 2 aromatic rings. The third-order valence-corrected chi connectivity index (χ3v) is 4.72. The Hall–Kier alpha value is -2.67. The van der Waals surface area contributed by atoms with E-state index in [0.29, 0.717) is 18.9 Å². The standard InChI is InChI=1S/C24H34FN3O3/c1-7-8-14-30-20-19(23(29)31-18-12-10-9-11-13-18)17(2)21(25)27-22(20)26-15-24(3,4)16-28(5)6/h9-13H,7-8,14-16H2,1-6H3,(H,26,27). The van der Waals surface area contributed by atoms with Gasteiger partial charge in [-0.15, -0.1) is 0 Å². The average Bonchev–Trinajstić information content (AvgIpc) is 2.69. The van der Waals surface area contributed by atoms with Crippen LogP contribution >= 0.6 is 0 Å². The number of hydrogen-bond acceptors (Lipinski definition) is 6. The SMILES string of the molecule is CCCCOc1c(NCC(C)(C)CN(C)C)nc(F)c(C)c1C(=O)Oc1ccccc1.